The Hall–Kier alpha value is -3.12. The maximum Gasteiger partial charge on any atom is 0.254 e. The number of fused-ring (bicyclic) bond motifs is 1. The monoisotopic (exact) mass is 365 g/mol. The third kappa shape index (κ3) is 3.19. The molecule has 1 amide bonds. The third-order valence-corrected chi connectivity index (χ3v) is 4.73. The SMILES string of the molecule is COc1ccc2occ(-c3ccccc3C(=O)N3CCOCC3)c(=O)c2c1. The van der Waals surface area contributed by atoms with E-state index in [9.17, 15) is 9.59 Å². The highest BCUT2D eigenvalue weighted by Gasteiger charge is 2.23. The zero-order valence-electron chi connectivity index (χ0n) is 14.9. The van der Waals surface area contributed by atoms with Crippen LogP contribution in [0.5, 0.6) is 5.75 Å². The molecule has 6 nitrogen and oxygen atoms in total. The first kappa shape index (κ1) is 17.3. The molecule has 2 aromatic carbocycles. The van der Waals surface area contributed by atoms with Crippen molar-refractivity contribution in [3.05, 3.63) is 64.5 Å². The number of methoxy groups -OCH3 is 1. The first-order chi connectivity index (χ1) is 13.2. The molecule has 0 aliphatic carbocycles. The van der Waals surface area contributed by atoms with Crippen molar-refractivity contribution in [2.24, 2.45) is 0 Å². The van der Waals surface area contributed by atoms with Gasteiger partial charge in [0.05, 0.1) is 31.3 Å². The van der Waals surface area contributed by atoms with E-state index in [0.717, 1.165) is 0 Å². The topological polar surface area (TPSA) is 69.0 Å². The second-order valence-corrected chi connectivity index (χ2v) is 6.29. The summed E-state index contributed by atoms with van der Waals surface area (Å²) in [7, 11) is 1.54. The molecule has 0 radical (unpaired) electrons. The zero-order valence-corrected chi connectivity index (χ0v) is 14.9. The Balaban J connectivity index is 1.83. The molecule has 1 aliphatic rings. The van der Waals surface area contributed by atoms with Crippen molar-refractivity contribution in [3.63, 3.8) is 0 Å². The number of carbonyl (C=O) groups excluding carboxylic acids is 1. The van der Waals surface area contributed by atoms with E-state index in [2.05, 4.69) is 0 Å². The van der Waals surface area contributed by atoms with Crippen LogP contribution >= 0.6 is 0 Å². The molecular formula is C21H19NO5. The van der Waals surface area contributed by atoms with Crippen LogP contribution in [0.3, 0.4) is 0 Å². The lowest BCUT2D eigenvalue weighted by Gasteiger charge is -2.27. The van der Waals surface area contributed by atoms with Crippen molar-refractivity contribution in [2.75, 3.05) is 33.4 Å². The number of nitrogens with zero attached hydrogens (tertiary/aromatic N) is 1. The predicted octanol–water partition coefficient (Wildman–Crippen LogP) is 2.94. The Labute approximate surface area is 155 Å². The molecule has 4 rings (SSSR count). The summed E-state index contributed by atoms with van der Waals surface area (Å²) in [5.74, 6) is 0.462. The molecule has 2 heterocycles. The number of ether oxygens (including phenoxy) is 2. The molecule has 1 fully saturated rings. The largest absolute Gasteiger partial charge is 0.497 e. The van der Waals surface area contributed by atoms with E-state index in [4.69, 9.17) is 13.9 Å². The van der Waals surface area contributed by atoms with E-state index in [1.807, 2.05) is 0 Å². The number of morpholine rings is 1. The van der Waals surface area contributed by atoms with Gasteiger partial charge in [0.15, 0.2) is 0 Å². The van der Waals surface area contributed by atoms with Crippen molar-refractivity contribution in [1.82, 2.24) is 4.90 Å². The lowest BCUT2D eigenvalue weighted by atomic mass is 9.98. The maximum absolute atomic E-state index is 13.1. The molecule has 1 aliphatic heterocycles. The first-order valence-corrected chi connectivity index (χ1v) is 8.75. The molecule has 1 saturated heterocycles. The van der Waals surface area contributed by atoms with Crippen LogP contribution in [0.15, 0.2) is 57.9 Å². The number of carbonyl (C=O) groups is 1. The van der Waals surface area contributed by atoms with E-state index < -0.39 is 0 Å². The lowest BCUT2D eigenvalue weighted by molar-refractivity contribution is 0.0303. The molecule has 0 bridgehead atoms. The predicted molar refractivity (Wildman–Crippen MR) is 101 cm³/mol. The van der Waals surface area contributed by atoms with Crippen molar-refractivity contribution < 1.29 is 18.7 Å². The molecular weight excluding hydrogens is 346 g/mol. The summed E-state index contributed by atoms with van der Waals surface area (Å²) in [6.45, 7) is 2.12. The average Bonchev–Trinajstić information content (AvgIpc) is 2.74. The quantitative estimate of drug-likeness (QED) is 0.714. The van der Waals surface area contributed by atoms with Crippen LogP contribution < -0.4 is 10.2 Å². The minimum Gasteiger partial charge on any atom is -0.497 e. The minimum absolute atomic E-state index is 0.112. The van der Waals surface area contributed by atoms with Gasteiger partial charge in [0, 0.05) is 24.2 Å². The lowest BCUT2D eigenvalue weighted by Crippen LogP contribution is -2.40. The van der Waals surface area contributed by atoms with Crippen LogP contribution in [-0.4, -0.2) is 44.2 Å². The smallest absolute Gasteiger partial charge is 0.254 e. The van der Waals surface area contributed by atoms with Gasteiger partial charge in [-0.15, -0.1) is 0 Å². The second-order valence-electron chi connectivity index (χ2n) is 6.29. The molecule has 6 heteroatoms. The Morgan fingerprint density at radius 2 is 1.85 bits per heavy atom. The number of rotatable bonds is 3. The molecule has 138 valence electrons. The highest BCUT2D eigenvalue weighted by Crippen LogP contribution is 2.26. The number of amides is 1. The molecule has 0 saturated carbocycles. The van der Waals surface area contributed by atoms with Crippen LogP contribution in [-0.2, 0) is 4.74 Å². The van der Waals surface area contributed by atoms with Gasteiger partial charge in [-0.2, -0.15) is 0 Å². The highest BCUT2D eigenvalue weighted by molar-refractivity contribution is 6.01. The van der Waals surface area contributed by atoms with Gasteiger partial charge in [-0.25, -0.2) is 0 Å². The van der Waals surface area contributed by atoms with Gasteiger partial charge in [0.25, 0.3) is 5.91 Å². The van der Waals surface area contributed by atoms with E-state index in [1.165, 1.54) is 6.26 Å². The van der Waals surface area contributed by atoms with E-state index >= 15 is 0 Å². The number of benzene rings is 2. The van der Waals surface area contributed by atoms with Gasteiger partial charge < -0.3 is 18.8 Å². The van der Waals surface area contributed by atoms with Crippen LogP contribution in [0, 0.1) is 0 Å². The molecule has 1 aromatic heterocycles. The summed E-state index contributed by atoms with van der Waals surface area (Å²) < 4.78 is 16.2. The molecule has 0 spiro atoms. The summed E-state index contributed by atoms with van der Waals surface area (Å²) in [4.78, 5) is 27.8. The fraction of sp³-hybridized carbons (Fsp3) is 0.238. The van der Waals surface area contributed by atoms with Crippen LogP contribution in [0.4, 0.5) is 0 Å². The van der Waals surface area contributed by atoms with Gasteiger partial charge in [-0.1, -0.05) is 18.2 Å². The van der Waals surface area contributed by atoms with Crippen molar-refractivity contribution >= 4 is 16.9 Å². The van der Waals surface area contributed by atoms with Crippen LogP contribution in [0.2, 0.25) is 0 Å². The highest BCUT2D eigenvalue weighted by atomic mass is 16.5. The van der Waals surface area contributed by atoms with Gasteiger partial charge >= 0.3 is 0 Å². The van der Waals surface area contributed by atoms with Crippen LogP contribution in [0.25, 0.3) is 22.1 Å². The standard InChI is InChI=1S/C21H19NO5/c1-25-14-6-7-19-17(12-14)20(23)18(13-27-19)15-4-2-3-5-16(15)21(24)22-8-10-26-11-9-22/h2-7,12-13H,8-11H2,1H3. The van der Waals surface area contributed by atoms with Gasteiger partial charge in [0.2, 0.25) is 5.43 Å². The van der Waals surface area contributed by atoms with Crippen LogP contribution in [0.1, 0.15) is 10.4 Å². The van der Waals surface area contributed by atoms with Gasteiger partial charge in [-0.3, -0.25) is 9.59 Å². The number of hydrogen-bond acceptors (Lipinski definition) is 5. The maximum atomic E-state index is 13.1. The summed E-state index contributed by atoms with van der Waals surface area (Å²) in [5.41, 5.74) is 1.67. The van der Waals surface area contributed by atoms with Gasteiger partial charge in [0.1, 0.15) is 17.6 Å². The normalized spacial score (nSPS) is 14.3. The molecule has 0 atom stereocenters. The third-order valence-electron chi connectivity index (χ3n) is 4.73. The molecule has 0 unspecified atom stereocenters. The van der Waals surface area contributed by atoms with Crippen molar-refractivity contribution in [2.45, 2.75) is 0 Å². The van der Waals surface area contributed by atoms with E-state index in [-0.39, 0.29) is 11.3 Å². The minimum atomic E-state index is -0.197. The summed E-state index contributed by atoms with van der Waals surface area (Å²) in [6.07, 6.45) is 1.42. The molecule has 3 aromatic rings. The molecule has 0 N–H and O–H groups in total. The first-order valence-electron chi connectivity index (χ1n) is 8.75. The Kier molecular flexibility index (Phi) is 4.64. The second kappa shape index (κ2) is 7.25. The fourth-order valence-corrected chi connectivity index (χ4v) is 3.26. The van der Waals surface area contributed by atoms with E-state index in [0.29, 0.717) is 59.7 Å². The fourth-order valence-electron chi connectivity index (χ4n) is 3.26. The summed E-state index contributed by atoms with van der Waals surface area (Å²) >= 11 is 0. The molecule has 27 heavy (non-hydrogen) atoms. The van der Waals surface area contributed by atoms with E-state index in [1.54, 1.807) is 54.5 Å². The zero-order chi connectivity index (χ0) is 18.8. The Morgan fingerprint density at radius 1 is 1.07 bits per heavy atom. The summed E-state index contributed by atoms with van der Waals surface area (Å²) in [6, 6.07) is 12.2. The average molecular weight is 365 g/mol. The van der Waals surface area contributed by atoms with Gasteiger partial charge in [-0.05, 0) is 24.3 Å². The van der Waals surface area contributed by atoms with Crippen molar-refractivity contribution in [1.29, 1.82) is 0 Å². The number of hydrogen-bond donors (Lipinski definition) is 0. The Bertz CT molecular complexity index is 1050. The Morgan fingerprint density at radius 3 is 2.63 bits per heavy atom. The van der Waals surface area contributed by atoms with Crippen molar-refractivity contribution in [3.8, 4) is 16.9 Å². The summed E-state index contributed by atoms with van der Waals surface area (Å²) in [5, 5.41) is 0.417.